The smallest absolute Gasteiger partial charge is 0.229 e. The highest BCUT2D eigenvalue weighted by Gasteiger charge is 2.25. The predicted octanol–water partition coefficient (Wildman–Crippen LogP) is 2.05. The average molecular weight is 336 g/mol. The number of unbranched alkanes of at least 4 members (excludes halogenated alkanes) is 1. The molecule has 24 heavy (non-hydrogen) atoms. The third-order valence-electron chi connectivity index (χ3n) is 5.04. The minimum atomic E-state index is -0.0529. The minimum absolute atomic E-state index is 0.0529. The Kier molecular flexibility index (Phi) is 8.05. The lowest BCUT2D eigenvalue weighted by Crippen LogP contribution is -2.46. The van der Waals surface area contributed by atoms with E-state index in [1.54, 1.807) is 7.05 Å². The van der Waals surface area contributed by atoms with Crippen LogP contribution in [0.25, 0.3) is 0 Å². The number of rotatable bonds is 8. The number of nitrogens with one attached hydrogen (secondary N) is 2. The number of aliphatic imine (C=N–C) groups is 1. The number of nitrogens with zero attached hydrogens (tertiary/aromatic N) is 2. The zero-order valence-electron chi connectivity index (χ0n) is 15.0. The van der Waals surface area contributed by atoms with Gasteiger partial charge in [-0.3, -0.25) is 19.5 Å². The van der Waals surface area contributed by atoms with E-state index in [1.807, 2.05) is 0 Å². The summed E-state index contributed by atoms with van der Waals surface area (Å²) in [4.78, 5) is 29.0. The summed E-state index contributed by atoms with van der Waals surface area (Å²) >= 11 is 0. The van der Waals surface area contributed by atoms with Gasteiger partial charge in [0.1, 0.15) is 0 Å². The molecule has 1 saturated heterocycles. The molecule has 6 heteroatoms. The molecular formula is C18H32N4O2. The maximum atomic E-state index is 11.7. The van der Waals surface area contributed by atoms with Gasteiger partial charge in [0.2, 0.25) is 11.8 Å². The Morgan fingerprint density at radius 3 is 2.38 bits per heavy atom. The summed E-state index contributed by atoms with van der Waals surface area (Å²) in [5, 5.41) is 6.49. The molecule has 136 valence electrons. The summed E-state index contributed by atoms with van der Waals surface area (Å²) in [6.45, 7) is 1.87. The Balaban J connectivity index is 1.55. The molecular weight excluding hydrogens is 304 g/mol. The van der Waals surface area contributed by atoms with Crippen molar-refractivity contribution in [2.24, 2.45) is 10.9 Å². The minimum Gasteiger partial charge on any atom is -0.356 e. The molecule has 2 fully saturated rings. The monoisotopic (exact) mass is 336 g/mol. The number of hydrogen-bond donors (Lipinski definition) is 2. The summed E-state index contributed by atoms with van der Waals surface area (Å²) in [6, 6.07) is 0. The predicted molar refractivity (Wildman–Crippen MR) is 95.7 cm³/mol. The van der Waals surface area contributed by atoms with Crippen LogP contribution < -0.4 is 10.6 Å². The zero-order valence-corrected chi connectivity index (χ0v) is 15.0. The molecule has 0 aromatic carbocycles. The lowest BCUT2D eigenvalue weighted by atomic mass is 10.0. The summed E-state index contributed by atoms with van der Waals surface area (Å²) < 4.78 is 0. The quantitative estimate of drug-likeness (QED) is 0.308. The van der Waals surface area contributed by atoms with E-state index in [1.165, 1.54) is 43.4 Å². The van der Waals surface area contributed by atoms with E-state index in [0.717, 1.165) is 24.8 Å². The van der Waals surface area contributed by atoms with Crippen molar-refractivity contribution in [3.63, 3.8) is 0 Å². The SMILES string of the molecule is CN=C(NCCCCC1CCCC1)NCCN1C(=O)CCCC1=O. The van der Waals surface area contributed by atoms with Gasteiger partial charge in [-0.25, -0.2) is 0 Å². The van der Waals surface area contributed by atoms with Gasteiger partial charge >= 0.3 is 0 Å². The third-order valence-corrected chi connectivity index (χ3v) is 5.04. The van der Waals surface area contributed by atoms with Crippen molar-refractivity contribution < 1.29 is 9.59 Å². The average Bonchev–Trinajstić information content (AvgIpc) is 3.08. The fraction of sp³-hybridized carbons (Fsp3) is 0.833. The van der Waals surface area contributed by atoms with Crippen LogP contribution in [0.2, 0.25) is 0 Å². The second-order valence-electron chi connectivity index (χ2n) is 6.86. The molecule has 0 atom stereocenters. The van der Waals surface area contributed by atoms with Crippen molar-refractivity contribution in [1.29, 1.82) is 0 Å². The van der Waals surface area contributed by atoms with Crippen LogP contribution in [0.5, 0.6) is 0 Å². The van der Waals surface area contributed by atoms with E-state index in [4.69, 9.17) is 0 Å². The summed E-state index contributed by atoms with van der Waals surface area (Å²) in [7, 11) is 1.74. The summed E-state index contributed by atoms with van der Waals surface area (Å²) in [5.74, 6) is 1.60. The third kappa shape index (κ3) is 6.13. The normalized spacial score (nSPS) is 19.9. The van der Waals surface area contributed by atoms with Crippen molar-refractivity contribution in [1.82, 2.24) is 15.5 Å². The molecule has 2 rings (SSSR count). The fourth-order valence-corrected chi connectivity index (χ4v) is 3.62. The molecule has 2 aliphatic rings. The number of guanidine groups is 1. The van der Waals surface area contributed by atoms with Crippen LogP contribution in [-0.4, -0.2) is 49.4 Å². The maximum Gasteiger partial charge on any atom is 0.229 e. The highest BCUT2D eigenvalue weighted by molar-refractivity contribution is 5.97. The highest BCUT2D eigenvalue weighted by Crippen LogP contribution is 2.28. The van der Waals surface area contributed by atoms with Gasteiger partial charge in [-0.15, -0.1) is 0 Å². The second-order valence-corrected chi connectivity index (χ2v) is 6.86. The molecule has 6 nitrogen and oxygen atoms in total. The van der Waals surface area contributed by atoms with Gasteiger partial charge in [-0.2, -0.15) is 0 Å². The van der Waals surface area contributed by atoms with Crippen LogP contribution in [0.4, 0.5) is 0 Å². The first kappa shape index (κ1) is 18.7. The Morgan fingerprint density at radius 2 is 1.71 bits per heavy atom. The fourth-order valence-electron chi connectivity index (χ4n) is 3.62. The molecule has 1 aliphatic heterocycles. The van der Waals surface area contributed by atoms with Crippen molar-refractivity contribution in [3.05, 3.63) is 0 Å². The van der Waals surface area contributed by atoms with Crippen LogP contribution in [-0.2, 0) is 9.59 Å². The number of imide groups is 1. The number of likely N-dealkylation sites (tertiary alicyclic amines) is 1. The topological polar surface area (TPSA) is 73.8 Å². The van der Waals surface area contributed by atoms with Crippen molar-refractivity contribution in [2.45, 2.75) is 64.2 Å². The van der Waals surface area contributed by atoms with E-state index in [2.05, 4.69) is 15.6 Å². The van der Waals surface area contributed by atoms with E-state index in [0.29, 0.717) is 32.4 Å². The van der Waals surface area contributed by atoms with E-state index in [9.17, 15) is 9.59 Å². The van der Waals surface area contributed by atoms with E-state index in [-0.39, 0.29) is 11.8 Å². The standard InChI is InChI=1S/C18H32N4O2/c1-19-18(20-12-5-4-9-15-7-2-3-8-15)21-13-14-22-16(23)10-6-11-17(22)24/h15H,2-14H2,1H3,(H2,19,20,21). The molecule has 2 N–H and O–H groups in total. The van der Waals surface area contributed by atoms with E-state index >= 15 is 0 Å². The molecule has 1 heterocycles. The van der Waals surface area contributed by atoms with Crippen molar-refractivity contribution in [2.75, 3.05) is 26.7 Å². The first-order valence-electron chi connectivity index (χ1n) is 9.48. The lowest BCUT2D eigenvalue weighted by molar-refractivity contribution is -0.147. The maximum absolute atomic E-state index is 11.7. The molecule has 1 aliphatic carbocycles. The van der Waals surface area contributed by atoms with E-state index < -0.39 is 0 Å². The van der Waals surface area contributed by atoms with Gasteiger partial charge in [-0.05, 0) is 18.8 Å². The molecule has 0 spiro atoms. The Morgan fingerprint density at radius 1 is 1.04 bits per heavy atom. The van der Waals surface area contributed by atoms with Crippen LogP contribution in [0, 0.1) is 5.92 Å². The Labute approximate surface area is 145 Å². The lowest BCUT2D eigenvalue weighted by Gasteiger charge is -2.25. The molecule has 0 aromatic rings. The van der Waals surface area contributed by atoms with Gasteiger partial charge < -0.3 is 10.6 Å². The largest absolute Gasteiger partial charge is 0.356 e. The van der Waals surface area contributed by atoms with Crippen molar-refractivity contribution >= 4 is 17.8 Å². The highest BCUT2D eigenvalue weighted by atomic mass is 16.2. The molecule has 0 bridgehead atoms. The number of hydrogen-bond acceptors (Lipinski definition) is 3. The Hall–Kier alpha value is -1.59. The number of piperidine rings is 1. The van der Waals surface area contributed by atoms with Crippen LogP contribution in [0.15, 0.2) is 4.99 Å². The molecule has 0 aromatic heterocycles. The summed E-state index contributed by atoms with van der Waals surface area (Å²) in [5.41, 5.74) is 0. The number of amides is 2. The van der Waals surface area contributed by atoms with Gasteiger partial charge in [0.05, 0.1) is 0 Å². The zero-order chi connectivity index (χ0) is 17.2. The number of carbonyl (C=O) groups excluding carboxylic acids is 2. The Bertz CT molecular complexity index is 428. The first-order chi connectivity index (χ1) is 11.7. The summed E-state index contributed by atoms with van der Waals surface area (Å²) in [6.07, 6.45) is 11.1. The molecule has 0 unspecified atom stereocenters. The van der Waals surface area contributed by atoms with Crippen LogP contribution >= 0.6 is 0 Å². The molecule has 2 amide bonds. The van der Waals surface area contributed by atoms with Gasteiger partial charge in [-0.1, -0.05) is 38.5 Å². The van der Waals surface area contributed by atoms with Crippen LogP contribution in [0.1, 0.15) is 64.2 Å². The van der Waals surface area contributed by atoms with Gasteiger partial charge in [0, 0.05) is 39.5 Å². The first-order valence-corrected chi connectivity index (χ1v) is 9.48. The van der Waals surface area contributed by atoms with Crippen molar-refractivity contribution in [3.8, 4) is 0 Å². The second kappa shape index (κ2) is 10.3. The van der Waals surface area contributed by atoms with Crippen LogP contribution in [0.3, 0.4) is 0 Å². The molecule has 1 saturated carbocycles. The molecule has 0 radical (unpaired) electrons. The van der Waals surface area contributed by atoms with Gasteiger partial charge in [0.15, 0.2) is 5.96 Å². The van der Waals surface area contributed by atoms with Gasteiger partial charge in [0.25, 0.3) is 0 Å². The number of carbonyl (C=O) groups is 2.